The van der Waals surface area contributed by atoms with Crippen LogP contribution in [-0.2, 0) is 0 Å². The van der Waals surface area contributed by atoms with Crippen LogP contribution >= 0.6 is 0 Å². The minimum atomic E-state index is -4.93. The van der Waals surface area contributed by atoms with E-state index in [0.717, 1.165) is 87.5 Å². The van der Waals surface area contributed by atoms with E-state index in [1.54, 1.807) is 0 Å². The zero-order valence-electron chi connectivity index (χ0n) is 22.6. The van der Waals surface area contributed by atoms with Crippen molar-refractivity contribution >= 4 is 5.57 Å². The first-order chi connectivity index (χ1) is 19.1. The molecule has 0 spiro atoms. The maximum absolute atomic E-state index is 15.2. The van der Waals surface area contributed by atoms with Crippen LogP contribution in [0.15, 0.2) is 49.1 Å². The van der Waals surface area contributed by atoms with Gasteiger partial charge in [0.2, 0.25) is 0 Å². The van der Waals surface area contributed by atoms with Crippen molar-refractivity contribution in [3.05, 3.63) is 83.2 Å². The molecule has 3 aliphatic carbocycles. The van der Waals surface area contributed by atoms with Crippen LogP contribution in [0.25, 0.3) is 5.57 Å². The van der Waals surface area contributed by atoms with Crippen LogP contribution in [0.2, 0.25) is 0 Å². The van der Waals surface area contributed by atoms with Crippen molar-refractivity contribution in [2.75, 3.05) is 0 Å². The van der Waals surface area contributed by atoms with Crippen LogP contribution in [0.5, 0.6) is 5.75 Å². The molecule has 1 unspecified atom stereocenters. The van der Waals surface area contributed by atoms with Gasteiger partial charge in [0.1, 0.15) is 11.6 Å². The molecule has 7 heteroatoms. The predicted octanol–water partition coefficient (Wildman–Crippen LogP) is 10.6. The van der Waals surface area contributed by atoms with Crippen LogP contribution in [0.4, 0.5) is 26.3 Å². The van der Waals surface area contributed by atoms with E-state index in [-0.39, 0.29) is 17.4 Å². The largest absolute Gasteiger partial charge is 0.573 e. The summed E-state index contributed by atoms with van der Waals surface area (Å²) in [7, 11) is 0. The number of ether oxygens (including phenoxy) is 1. The lowest BCUT2D eigenvalue weighted by atomic mass is 9.70. The fourth-order valence-corrected chi connectivity index (χ4v) is 7.24. The van der Waals surface area contributed by atoms with Crippen molar-refractivity contribution in [1.29, 1.82) is 0 Å². The number of rotatable bonds is 6. The van der Waals surface area contributed by atoms with Gasteiger partial charge in [-0.25, -0.2) is 13.2 Å². The molecule has 0 N–H and O–H groups in total. The fourth-order valence-electron chi connectivity index (χ4n) is 7.24. The maximum atomic E-state index is 15.2. The Morgan fingerprint density at radius 1 is 0.725 bits per heavy atom. The monoisotopic (exact) mass is 562 g/mol. The Morgan fingerprint density at radius 2 is 1.32 bits per heavy atom. The van der Waals surface area contributed by atoms with Crippen LogP contribution in [0.3, 0.4) is 0 Å². The third-order valence-corrected chi connectivity index (χ3v) is 9.51. The van der Waals surface area contributed by atoms with Crippen molar-refractivity contribution in [1.82, 2.24) is 0 Å². The van der Waals surface area contributed by atoms with Gasteiger partial charge in [0.05, 0.1) is 0 Å². The minimum Gasteiger partial charge on any atom is -0.403 e. The zero-order valence-corrected chi connectivity index (χ0v) is 22.6. The molecular weight excluding hydrogens is 526 g/mol. The van der Waals surface area contributed by atoms with E-state index < -0.39 is 29.6 Å². The number of benzene rings is 2. The average molecular weight is 563 g/mol. The molecule has 0 aliphatic heterocycles. The van der Waals surface area contributed by atoms with Crippen LogP contribution in [-0.4, -0.2) is 6.36 Å². The summed E-state index contributed by atoms with van der Waals surface area (Å²) in [5.74, 6) is -1.08. The highest BCUT2D eigenvalue weighted by atomic mass is 19.4. The van der Waals surface area contributed by atoms with Crippen LogP contribution < -0.4 is 4.74 Å². The highest BCUT2D eigenvalue weighted by molar-refractivity contribution is 5.67. The van der Waals surface area contributed by atoms with E-state index in [1.807, 2.05) is 12.2 Å². The molecule has 0 bridgehead atoms. The molecular formula is C33H36F6O. The lowest BCUT2D eigenvalue weighted by Gasteiger charge is -2.36. The molecule has 0 heterocycles. The third kappa shape index (κ3) is 6.60. The number of halogens is 6. The van der Waals surface area contributed by atoms with Gasteiger partial charge in [-0.15, -0.1) is 19.8 Å². The van der Waals surface area contributed by atoms with Gasteiger partial charge in [-0.2, -0.15) is 0 Å². The van der Waals surface area contributed by atoms with E-state index in [0.29, 0.717) is 29.7 Å². The molecule has 5 rings (SSSR count). The summed E-state index contributed by atoms with van der Waals surface area (Å²) < 4.78 is 85.6. The summed E-state index contributed by atoms with van der Waals surface area (Å²) >= 11 is 0. The molecule has 216 valence electrons. The molecule has 0 radical (unpaired) electrons. The molecule has 0 saturated heterocycles. The molecule has 0 amide bonds. The molecule has 0 aromatic heterocycles. The lowest BCUT2D eigenvalue weighted by Crippen LogP contribution is -2.23. The second kappa shape index (κ2) is 12.0. The van der Waals surface area contributed by atoms with Gasteiger partial charge in [-0.3, -0.25) is 0 Å². The van der Waals surface area contributed by atoms with Crippen molar-refractivity contribution in [3.8, 4) is 5.75 Å². The normalized spacial score (nSPS) is 27.6. The van der Waals surface area contributed by atoms with Gasteiger partial charge in [-0.05, 0) is 141 Å². The molecule has 1 atom stereocenters. The van der Waals surface area contributed by atoms with E-state index in [4.69, 9.17) is 0 Å². The summed E-state index contributed by atoms with van der Waals surface area (Å²) in [6.07, 6.45) is 8.73. The van der Waals surface area contributed by atoms with Gasteiger partial charge < -0.3 is 4.74 Å². The van der Waals surface area contributed by atoms with Gasteiger partial charge in [0, 0.05) is 5.56 Å². The summed E-state index contributed by atoms with van der Waals surface area (Å²) in [5.41, 5.74) is 2.32. The van der Waals surface area contributed by atoms with Crippen molar-refractivity contribution in [2.24, 2.45) is 17.8 Å². The van der Waals surface area contributed by atoms with Gasteiger partial charge >= 0.3 is 6.36 Å². The number of hydrogen-bond acceptors (Lipinski definition) is 1. The first-order valence-corrected chi connectivity index (χ1v) is 14.5. The number of alkyl halides is 3. The van der Waals surface area contributed by atoms with Crippen molar-refractivity contribution in [2.45, 2.75) is 88.8 Å². The molecule has 40 heavy (non-hydrogen) atoms. The summed E-state index contributed by atoms with van der Waals surface area (Å²) in [5, 5.41) is 0. The van der Waals surface area contributed by atoms with Crippen molar-refractivity contribution < 1.29 is 31.1 Å². The summed E-state index contributed by atoms with van der Waals surface area (Å²) in [6.45, 7) is 3.87. The Balaban J connectivity index is 1.17. The molecule has 3 aliphatic rings. The smallest absolute Gasteiger partial charge is 0.403 e. The molecule has 2 aromatic carbocycles. The molecule has 1 nitrogen and oxygen atoms in total. The first-order valence-electron chi connectivity index (χ1n) is 14.5. The fraction of sp³-hybridized carbons (Fsp3) is 0.515. The van der Waals surface area contributed by atoms with E-state index >= 15 is 8.78 Å². The number of hydrogen-bond donors (Lipinski definition) is 0. The van der Waals surface area contributed by atoms with Gasteiger partial charge in [0.25, 0.3) is 0 Å². The maximum Gasteiger partial charge on any atom is 0.573 e. The second-order valence-electron chi connectivity index (χ2n) is 11.8. The Kier molecular flexibility index (Phi) is 8.67. The minimum absolute atomic E-state index is 0.0916. The third-order valence-electron chi connectivity index (χ3n) is 9.51. The summed E-state index contributed by atoms with van der Waals surface area (Å²) in [6, 6.07) is 6.80. The SMILES string of the molecule is C=CC1CCC(c2cc(F)c(C3=CCC(C4CCC(c5ccc(OC(F)(F)F)c(F)c5)CC4)CC3)c(F)c2)CC1. The van der Waals surface area contributed by atoms with Crippen LogP contribution in [0, 0.1) is 35.2 Å². The highest BCUT2D eigenvalue weighted by Gasteiger charge is 2.34. The highest BCUT2D eigenvalue weighted by Crippen LogP contribution is 2.45. The van der Waals surface area contributed by atoms with Crippen LogP contribution in [0.1, 0.15) is 99.2 Å². The molecule has 2 fully saturated rings. The van der Waals surface area contributed by atoms with E-state index in [9.17, 15) is 17.6 Å². The topological polar surface area (TPSA) is 9.23 Å². The standard InChI is InChI=1S/C33H36F6O/c1-2-20-3-5-24(6-4-20)27-18-29(35)32(30(36)19-27)25-13-11-22(12-14-25)21-7-9-23(10-8-21)26-15-16-31(28(34)17-26)40-33(37,38)39/h2,13,15-24H,1,3-12,14H2. The second-order valence-corrected chi connectivity index (χ2v) is 11.8. The molecule has 2 aromatic rings. The predicted molar refractivity (Wildman–Crippen MR) is 144 cm³/mol. The first kappa shape index (κ1) is 28.8. The Hall–Kier alpha value is -2.70. The quantitative estimate of drug-likeness (QED) is 0.251. The Bertz CT molecular complexity index is 1210. The Morgan fingerprint density at radius 3 is 1.88 bits per heavy atom. The molecule has 2 saturated carbocycles. The van der Waals surface area contributed by atoms with Crippen molar-refractivity contribution in [3.63, 3.8) is 0 Å². The van der Waals surface area contributed by atoms with Gasteiger partial charge in [0.15, 0.2) is 11.6 Å². The van der Waals surface area contributed by atoms with Gasteiger partial charge in [-0.1, -0.05) is 18.2 Å². The lowest BCUT2D eigenvalue weighted by molar-refractivity contribution is -0.275. The van der Waals surface area contributed by atoms with E-state index in [2.05, 4.69) is 11.3 Å². The van der Waals surface area contributed by atoms with E-state index in [1.165, 1.54) is 18.2 Å². The average Bonchev–Trinajstić information content (AvgIpc) is 2.93. The zero-order chi connectivity index (χ0) is 28.4. The summed E-state index contributed by atoms with van der Waals surface area (Å²) in [4.78, 5) is 0. The number of allylic oxidation sites excluding steroid dienone is 3. The Labute approximate surface area is 232 Å².